The van der Waals surface area contributed by atoms with E-state index in [4.69, 9.17) is 5.84 Å². The Labute approximate surface area is 121 Å². The molecule has 6 nitrogen and oxygen atoms in total. The van der Waals surface area contributed by atoms with Crippen molar-refractivity contribution in [1.82, 2.24) is 4.98 Å². The van der Waals surface area contributed by atoms with Gasteiger partial charge >= 0.3 is 0 Å². The van der Waals surface area contributed by atoms with Gasteiger partial charge in [-0.25, -0.2) is 19.2 Å². The van der Waals surface area contributed by atoms with E-state index in [9.17, 15) is 8.42 Å². The second-order valence-electron chi connectivity index (χ2n) is 3.86. The van der Waals surface area contributed by atoms with Crippen molar-refractivity contribution < 1.29 is 8.42 Å². The Bertz CT molecular complexity index is 670. The molecular formula is C12H14N4O2S2. The van der Waals surface area contributed by atoms with Gasteiger partial charge in [-0.05, 0) is 42.7 Å². The van der Waals surface area contributed by atoms with Crippen LogP contribution in [-0.2, 0) is 10.0 Å². The molecule has 1 heterocycles. The summed E-state index contributed by atoms with van der Waals surface area (Å²) in [4.78, 5) is 5.01. The van der Waals surface area contributed by atoms with E-state index in [1.54, 1.807) is 23.9 Å². The minimum absolute atomic E-state index is 0.0745. The first-order valence-electron chi connectivity index (χ1n) is 5.65. The number of hydrazine groups is 1. The lowest BCUT2D eigenvalue weighted by atomic mass is 10.3. The SMILES string of the molecule is CSc1ccc(NS(=O)(=O)c2ccc(NN)nc2)cc1. The molecule has 0 atom stereocenters. The number of nitrogens with two attached hydrogens (primary N) is 1. The quantitative estimate of drug-likeness (QED) is 0.443. The Morgan fingerprint density at radius 2 is 1.85 bits per heavy atom. The van der Waals surface area contributed by atoms with Gasteiger partial charge in [0.2, 0.25) is 0 Å². The molecule has 2 rings (SSSR count). The Kier molecular flexibility index (Phi) is 4.48. The van der Waals surface area contributed by atoms with E-state index in [0.717, 1.165) is 4.90 Å². The van der Waals surface area contributed by atoms with Crippen LogP contribution >= 0.6 is 11.8 Å². The highest BCUT2D eigenvalue weighted by atomic mass is 32.2. The van der Waals surface area contributed by atoms with Gasteiger partial charge in [-0.2, -0.15) is 0 Å². The van der Waals surface area contributed by atoms with Gasteiger partial charge in [0.1, 0.15) is 10.7 Å². The molecule has 1 aromatic carbocycles. The number of rotatable bonds is 5. The first-order valence-corrected chi connectivity index (χ1v) is 8.35. The number of thioether (sulfide) groups is 1. The zero-order valence-corrected chi connectivity index (χ0v) is 12.3. The highest BCUT2D eigenvalue weighted by molar-refractivity contribution is 7.98. The topological polar surface area (TPSA) is 97.1 Å². The van der Waals surface area contributed by atoms with Crippen LogP contribution in [0, 0.1) is 0 Å². The van der Waals surface area contributed by atoms with Crippen LogP contribution in [0.25, 0.3) is 0 Å². The summed E-state index contributed by atoms with van der Waals surface area (Å²) in [6.45, 7) is 0. The summed E-state index contributed by atoms with van der Waals surface area (Å²) in [5.74, 6) is 5.58. The number of sulfonamides is 1. The van der Waals surface area contributed by atoms with Crippen LogP contribution in [0.4, 0.5) is 11.5 Å². The third-order valence-corrected chi connectivity index (χ3v) is 4.65. The number of nitrogens with zero attached hydrogens (tertiary/aromatic N) is 1. The summed E-state index contributed by atoms with van der Waals surface area (Å²) in [5, 5.41) is 0. The fourth-order valence-corrected chi connectivity index (χ4v) is 2.91. The van der Waals surface area contributed by atoms with Gasteiger partial charge in [0.25, 0.3) is 10.0 Å². The van der Waals surface area contributed by atoms with E-state index in [1.165, 1.54) is 18.3 Å². The number of nitrogen functional groups attached to an aromatic ring is 1. The highest BCUT2D eigenvalue weighted by Crippen LogP contribution is 2.20. The van der Waals surface area contributed by atoms with E-state index in [1.807, 2.05) is 18.4 Å². The lowest BCUT2D eigenvalue weighted by Crippen LogP contribution is -2.14. The number of anilines is 2. The van der Waals surface area contributed by atoms with Crippen LogP contribution in [0.5, 0.6) is 0 Å². The third-order valence-electron chi connectivity index (χ3n) is 2.54. The molecule has 0 amide bonds. The first kappa shape index (κ1) is 14.6. The average molecular weight is 310 g/mol. The van der Waals surface area contributed by atoms with Crippen LogP contribution in [0.15, 0.2) is 52.4 Å². The van der Waals surface area contributed by atoms with E-state index in [2.05, 4.69) is 15.1 Å². The summed E-state index contributed by atoms with van der Waals surface area (Å²) < 4.78 is 26.8. The molecule has 0 spiro atoms. The molecule has 0 unspecified atom stereocenters. The van der Waals surface area contributed by atoms with Gasteiger partial charge in [0, 0.05) is 16.8 Å². The molecule has 0 aliphatic carbocycles. The molecule has 2 aromatic rings. The summed E-state index contributed by atoms with van der Waals surface area (Å²) in [7, 11) is -3.65. The highest BCUT2D eigenvalue weighted by Gasteiger charge is 2.14. The molecule has 0 saturated heterocycles. The van der Waals surface area contributed by atoms with Crippen LogP contribution < -0.4 is 16.0 Å². The van der Waals surface area contributed by atoms with E-state index in [0.29, 0.717) is 11.5 Å². The Morgan fingerprint density at radius 3 is 2.35 bits per heavy atom. The monoisotopic (exact) mass is 310 g/mol. The predicted molar refractivity (Wildman–Crippen MR) is 81.1 cm³/mol. The fourth-order valence-electron chi connectivity index (χ4n) is 1.50. The molecule has 1 aromatic heterocycles. The molecule has 0 bridgehead atoms. The lowest BCUT2D eigenvalue weighted by Gasteiger charge is -2.08. The maximum Gasteiger partial charge on any atom is 0.263 e. The fraction of sp³-hybridized carbons (Fsp3) is 0.0833. The number of nitrogens with one attached hydrogen (secondary N) is 2. The molecule has 106 valence electrons. The van der Waals surface area contributed by atoms with E-state index in [-0.39, 0.29) is 4.90 Å². The zero-order chi connectivity index (χ0) is 14.6. The maximum atomic E-state index is 12.1. The van der Waals surface area contributed by atoms with Gasteiger partial charge < -0.3 is 5.43 Å². The molecule has 0 aliphatic rings. The van der Waals surface area contributed by atoms with Crippen molar-refractivity contribution in [2.75, 3.05) is 16.4 Å². The minimum atomic E-state index is -3.65. The zero-order valence-electron chi connectivity index (χ0n) is 10.7. The maximum absolute atomic E-state index is 12.1. The summed E-state index contributed by atoms with van der Waals surface area (Å²) >= 11 is 1.59. The van der Waals surface area contributed by atoms with E-state index >= 15 is 0 Å². The van der Waals surface area contributed by atoms with Gasteiger partial charge in [-0.3, -0.25) is 4.72 Å². The average Bonchev–Trinajstić information content (AvgIpc) is 2.48. The van der Waals surface area contributed by atoms with Gasteiger partial charge in [-0.15, -0.1) is 11.8 Å². The summed E-state index contributed by atoms with van der Waals surface area (Å²) in [6, 6.07) is 10.1. The van der Waals surface area contributed by atoms with Crippen molar-refractivity contribution in [3.63, 3.8) is 0 Å². The number of benzene rings is 1. The second-order valence-corrected chi connectivity index (χ2v) is 6.42. The largest absolute Gasteiger partial charge is 0.308 e. The number of aromatic nitrogens is 1. The molecule has 4 N–H and O–H groups in total. The molecule has 0 fully saturated rings. The van der Waals surface area contributed by atoms with Crippen LogP contribution in [-0.4, -0.2) is 19.7 Å². The Balaban J connectivity index is 2.20. The predicted octanol–water partition coefficient (Wildman–Crippen LogP) is 1.89. The van der Waals surface area contributed by atoms with Crippen molar-refractivity contribution >= 4 is 33.3 Å². The molecule has 0 radical (unpaired) electrons. The Morgan fingerprint density at radius 1 is 1.15 bits per heavy atom. The van der Waals surface area contributed by atoms with Crippen molar-refractivity contribution in [1.29, 1.82) is 0 Å². The molecule has 0 saturated carbocycles. The van der Waals surface area contributed by atoms with Crippen LogP contribution in [0.1, 0.15) is 0 Å². The smallest absolute Gasteiger partial charge is 0.263 e. The summed E-state index contributed by atoms with van der Waals surface area (Å²) in [5.41, 5.74) is 2.84. The van der Waals surface area contributed by atoms with Crippen molar-refractivity contribution in [2.24, 2.45) is 5.84 Å². The van der Waals surface area contributed by atoms with Gasteiger partial charge in [0.05, 0.1) is 0 Å². The van der Waals surface area contributed by atoms with Crippen LogP contribution in [0.3, 0.4) is 0 Å². The van der Waals surface area contributed by atoms with Crippen molar-refractivity contribution in [2.45, 2.75) is 9.79 Å². The van der Waals surface area contributed by atoms with Gasteiger partial charge in [-0.1, -0.05) is 0 Å². The molecular weight excluding hydrogens is 296 g/mol. The van der Waals surface area contributed by atoms with E-state index < -0.39 is 10.0 Å². The number of pyridine rings is 1. The van der Waals surface area contributed by atoms with Crippen LogP contribution in [0.2, 0.25) is 0 Å². The van der Waals surface area contributed by atoms with Gasteiger partial charge in [0.15, 0.2) is 0 Å². The summed E-state index contributed by atoms with van der Waals surface area (Å²) in [6.07, 6.45) is 3.20. The standard InChI is InChI=1S/C12H14N4O2S2/c1-19-10-4-2-9(3-5-10)16-20(17,18)11-6-7-12(15-13)14-8-11/h2-8,16H,13H2,1H3,(H,14,15). The molecule has 0 aliphatic heterocycles. The third kappa shape index (κ3) is 3.41. The Hall–Kier alpha value is -1.77. The van der Waals surface area contributed by atoms with Crippen molar-refractivity contribution in [3.05, 3.63) is 42.6 Å². The molecule has 8 heteroatoms. The first-order chi connectivity index (χ1) is 9.55. The van der Waals surface area contributed by atoms with Crippen molar-refractivity contribution in [3.8, 4) is 0 Å². The minimum Gasteiger partial charge on any atom is -0.308 e. The normalized spacial score (nSPS) is 11.1. The number of hydrogen-bond acceptors (Lipinski definition) is 6. The molecule has 20 heavy (non-hydrogen) atoms. The second kappa shape index (κ2) is 6.12. The lowest BCUT2D eigenvalue weighted by molar-refractivity contribution is 0.601. The number of hydrogen-bond donors (Lipinski definition) is 3.